The summed E-state index contributed by atoms with van der Waals surface area (Å²) >= 11 is 0. The maximum Gasteiger partial charge on any atom is 0.248 e. The van der Waals surface area contributed by atoms with Gasteiger partial charge in [-0.15, -0.1) is 0 Å². The van der Waals surface area contributed by atoms with Crippen LogP contribution < -0.4 is 15.2 Å². The van der Waals surface area contributed by atoms with Crippen LogP contribution in [0, 0.1) is 5.92 Å². The van der Waals surface area contributed by atoms with Gasteiger partial charge in [-0.2, -0.15) is 0 Å². The van der Waals surface area contributed by atoms with Gasteiger partial charge in [-0.3, -0.25) is 9.59 Å². The summed E-state index contributed by atoms with van der Waals surface area (Å²) in [4.78, 5) is 23.2. The van der Waals surface area contributed by atoms with E-state index in [0.717, 1.165) is 25.7 Å². The zero-order valence-electron chi connectivity index (χ0n) is 11.6. The van der Waals surface area contributed by atoms with Gasteiger partial charge >= 0.3 is 0 Å². The topological polar surface area (TPSA) is 78.6 Å². The van der Waals surface area contributed by atoms with Gasteiger partial charge in [-0.25, -0.2) is 0 Å². The zero-order chi connectivity index (χ0) is 14.5. The minimum atomic E-state index is -0.559. The van der Waals surface area contributed by atoms with Gasteiger partial charge in [-0.05, 0) is 25.0 Å². The Hall–Kier alpha value is -2.04. The highest BCUT2D eigenvalue weighted by molar-refractivity contribution is 5.93. The Morgan fingerprint density at radius 1 is 1.20 bits per heavy atom. The first-order chi connectivity index (χ1) is 9.60. The number of rotatable bonds is 6. The summed E-state index contributed by atoms with van der Waals surface area (Å²) in [5.41, 5.74) is 5.54. The lowest BCUT2D eigenvalue weighted by molar-refractivity contribution is -0.124. The van der Waals surface area contributed by atoms with Crippen LogP contribution in [0.1, 0.15) is 36.0 Å². The average Bonchev–Trinajstić information content (AvgIpc) is 2.98. The second kappa shape index (κ2) is 6.41. The molecular weight excluding hydrogens is 258 g/mol. The fraction of sp³-hybridized carbons (Fsp3) is 0.467. The van der Waals surface area contributed by atoms with Gasteiger partial charge in [0.15, 0.2) is 5.78 Å². The molecule has 1 amide bonds. The second-order valence-electron chi connectivity index (χ2n) is 5.00. The van der Waals surface area contributed by atoms with Crippen LogP contribution in [0.5, 0.6) is 11.5 Å². The van der Waals surface area contributed by atoms with E-state index in [4.69, 9.17) is 15.2 Å². The maximum absolute atomic E-state index is 11.9. The first-order valence-electron chi connectivity index (χ1n) is 6.74. The first-order valence-corrected chi connectivity index (χ1v) is 6.74. The van der Waals surface area contributed by atoms with Crippen LogP contribution in [0.25, 0.3) is 0 Å². The summed E-state index contributed by atoms with van der Waals surface area (Å²) in [6.07, 6.45) is 4.13. The second-order valence-corrected chi connectivity index (χ2v) is 5.00. The van der Waals surface area contributed by atoms with Crippen molar-refractivity contribution in [2.45, 2.75) is 25.7 Å². The van der Waals surface area contributed by atoms with Crippen LogP contribution in [-0.4, -0.2) is 25.4 Å². The van der Waals surface area contributed by atoms with Crippen LogP contribution in [-0.2, 0) is 4.79 Å². The number of amides is 1. The van der Waals surface area contributed by atoms with Crippen LogP contribution in [0.3, 0.4) is 0 Å². The average molecular weight is 277 g/mol. The van der Waals surface area contributed by atoms with Crippen LogP contribution in [0.15, 0.2) is 18.2 Å². The summed E-state index contributed by atoms with van der Waals surface area (Å²) in [6.45, 7) is 0.0238. The lowest BCUT2D eigenvalue weighted by Crippen LogP contribution is -2.19. The Morgan fingerprint density at radius 2 is 1.85 bits per heavy atom. The van der Waals surface area contributed by atoms with E-state index in [1.54, 1.807) is 6.07 Å². The van der Waals surface area contributed by atoms with Crippen LogP contribution in [0.4, 0.5) is 0 Å². The molecule has 1 aliphatic carbocycles. The Morgan fingerprint density at radius 3 is 2.45 bits per heavy atom. The number of hydrogen-bond acceptors (Lipinski definition) is 4. The predicted molar refractivity (Wildman–Crippen MR) is 74.0 cm³/mol. The fourth-order valence-electron chi connectivity index (χ4n) is 2.44. The summed E-state index contributed by atoms with van der Waals surface area (Å²) in [5.74, 6) is 0.576. The normalized spacial score (nSPS) is 15.1. The molecule has 1 aromatic carbocycles. The van der Waals surface area contributed by atoms with Gasteiger partial charge in [0.05, 0.1) is 7.11 Å². The first kappa shape index (κ1) is 14.4. The van der Waals surface area contributed by atoms with Crippen molar-refractivity contribution in [1.29, 1.82) is 0 Å². The monoisotopic (exact) mass is 277 g/mol. The molecule has 0 bridgehead atoms. The zero-order valence-corrected chi connectivity index (χ0v) is 11.6. The number of ether oxygens (including phenoxy) is 2. The van der Waals surface area contributed by atoms with Crippen molar-refractivity contribution in [3.05, 3.63) is 23.8 Å². The standard InChI is InChI=1S/C15H19NO4/c1-19-12-6-11(15(16)18)7-13(8-12)20-9-14(17)10-4-2-3-5-10/h6-8,10H,2-5,9H2,1H3,(H2,16,18). The highest BCUT2D eigenvalue weighted by atomic mass is 16.5. The summed E-state index contributed by atoms with van der Waals surface area (Å²) < 4.78 is 10.6. The smallest absolute Gasteiger partial charge is 0.248 e. The van der Waals surface area contributed by atoms with E-state index in [0.29, 0.717) is 17.1 Å². The van der Waals surface area contributed by atoms with Crippen LogP contribution >= 0.6 is 0 Å². The van der Waals surface area contributed by atoms with Gasteiger partial charge in [-0.1, -0.05) is 12.8 Å². The maximum atomic E-state index is 11.9. The number of carbonyl (C=O) groups excluding carboxylic acids is 2. The number of nitrogens with two attached hydrogens (primary N) is 1. The van der Waals surface area contributed by atoms with Crippen molar-refractivity contribution in [3.8, 4) is 11.5 Å². The van der Waals surface area contributed by atoms with E-state index in [1.165, 1.54) is 19.2 Å². The molecule has 1 saturated carbocycles. The summed E-state index contributed by atoms with van der Waals surface area (Å²) in [5, 5.41) is 0. The van der Waals surface area contributed by atoms with E-state index in [2.05, 4.69) is 0 Å². The molecule has 20 heavy (non-hydrogen) atoms. The Balaban J connectivity index is 2.02. The molecule has 2 rings (SSSR count). The van der Waals surface area contributed by atoms with E-state index in [9.17, 15) is 9.59 Å². The highest BCUT2D eigenvalue weighted by Crippen LogP contribution is 2.26. The Labute approximate surface area is 118 Å². The number of carbonyl (C=O) groups is 2. The van der Waals surface area contributed by atoms with Crippen molar-refractivity contribution in [2.75, 3.05) is 13.7 Å². The van der Waals surface area contributed by atoms with Crippen molar-refractivity contribution in [2.24, 2.45) is 11.7 Å². The molecule has 0 spiro atoms. The van der Waals surface area contributed by atoms with E-state index in [1.807, 2.05) is 0 Å². The number of methoxy groups -OCH3 is 1. The minimum absolute atomic E-state index is 0.0238. The molecule has 0 aliphatic heterocycles. The highest BCUT2D eigenvalue weighted by Gasteiger charge is 2.22. The summed E-state index contributed by atoms with van der Waals surface area (Å²) in [6, 6.07) is 4.69. The summed E-state index contributed by atoms with van der Waals surface area (Å²) in [7, 11) is 1.49. The number of benzene rings is 1. The lowest BCUT2D eigenvalue weighted by atomic mass is 10.0. The largest absolute Gasteiger partial charge is 0.497 e. The molecule has 2 N–H and O–H groups in total. The molecule has 1 fully saturated rings. The molecule has 0 unspecified atom stereocenters. The van der Waals surface area contributed by atoms with Crippen molar-refractivity contribution >= 4 is 11.7 Å². The molecule has 108 valence electrons. The molecule has 0 saturated heterocycles. The van der Waals surface area contributed by atoms with Gasteiger partial charge in [0, 0.05) is 17.5 Å². The third-order valence-electron chi connectivity index (χ3n) is 3.59. The van der Waals surface area contributed by atoms with Gasteiger partial charge in [0.2, 0.25) is 5.91 Å². The Kier molecular flexibility index (Phi) is 4.61. The molecule has 1 aromatic rings. The van der Waals surface area contributed by atoms with E-state index >= 15 is 0 Å². The molecule has 5 heteroatoms. The number of hydrogen-bond donors (Lipinski definition) is 1. The van der Waals surface area contributed by atoms with E-state index in [-0.39, 0.29) is 18.3 Å². The lowest BCUT2D eigenvalue weighted by Gasteiger charge is -2.11. The van der Waals surface area contributed by atoms with Crippen molar-refractivity contribution in [3.63, 3.8) is 0 Å². The third kappa shape index (κ3) is 3.50. The predicted octanol–water partition coefficient (Wildman–Crippen LogP) is 1.93. The van der Waals surface area contributed by atoms with Crippen LogP contribution in [0.2, 0.25) is 0 Å². The molecule has 0 aromatic heterocycles. The molecule has 5 nitrogen and oxygen atoms in total. The van der Waals surface area contributed by atoms with E-state index < -0.39 is 5.91 Å². The SMILES string of the molecule is COc1cc(OCC(=O)C2CCCC2)cc(C(N)=O)c1. The Bertz CT molecular complexity index is 507. The molecule has 1 aliphatic rings. The third-order valence-corrected chi connectivity index (χ3v) is 3.59. The number of Topliss-reactive ketones (excluding diaryl/α,β-unsaturated/α-hetero) is 1. The number of ketones is 1. The van der Waals surface area contributed by atoms with Gasteiger partial charge < -0.3 is 15.2 Å². The van der Waals surface area contributed by atoms with Crippen molar-refractivity contribution < 1.29 is 19.1 Å². The molecule has 0 atom stereocenters. The molecule has 0 radical (unpaired) electrons. The van der Waals surface area contributed by atoms with Crippen molar-refractivity contribution in [1.82, 2.24) is 0 Å². The quantitative estimate of drug-likeness (QED) is 0.861. The molecule has 0 heterocycles. The van der Waals surface area contributed by atoms with Gasteiger partial charge in [0.1, 0.15) is 18.1 Å². The minimum Gasteiger partial charge on any atom is -0.497 e. The van der Waals surface area contributed by atoms with Gasteiger partial charge in [0.25, 0.3) is 0 Å². The fourth-order valence-corrected chi connectivity index (χ4v) is 2.44. The molecular formula is C15H19NO4. The number of primary amides is 1.